The first kappa shape index (κ1) is 25.9. The number of nitrogens with one attached hydrogen (secondary N) is 2. The molecule has 2 fully saturated rings. The van der Waals surface area contributed by atoms with Gasteiger partial charge in [0, 0.05) is 35.0 Å². The molecule has 0 spiro atoms. The molecule has 198 valence electrons. The molecule has 2 aromatic heterocycles. The summed E-state index contributed by atoms with van der Waals surface area (Å²) in [4.78, 5) is 25.8. The van der Waals surface area contributed by atoms with E-state index in [1.807, 2.05) is 4.57 Å². The minimum Gasteiger partial charge on any atom is -0.381 e. The Morgan fingerprint density at radius 2 is 1.95 bits per heavy atom. The van der Waals surface area contributed by atoms with Crippen LogP contribution in [0.1, 0.15) is 52.0 Å². The van der Waals surface area contributed by atoms with E-state index in [0.717, 1.165) is 6.42 Å². The average molecular weight is 550 g/mol. The molecule has 12 heteroatoms. The van der Waals surface area contributed by atoms with Crippen LogP contribution in [0.2, 0.25) is 10.0 Å². The highest BCUT2D eigenvalue weighted by atomic mass is 35.5. The number of ether oxygens (including phenoxy) is 1. The molecule has 1 aliphatic carbocycles. The first-order valence-electron chi connectivity index (χ1n) is 12.4. The van der Waals surface area contributed by atoms with Crippen molar-refractivity contribution in [3.8, 4) is 0 Å². The molecule has 1 saturated heterocycles. The Morgan fingerprint density at radius 3 is 2.62 bits per heavy atom. The smallest absolute Gasteiger partial charge is 0.225 e. The minimum absolute atomic E-state index is 0.0282. The summed E-state index contributed by atoms with van der Waals surface area (Å²) in [6.07, 6.45) is 5.21. The number of nitrogens with zero attached hydrogens (tertiary/aromatic N) is 4. The average Bonchev–Trinajstić information content (AvgIpc) is 3.20. The standard InChI is InChI=1S/C25H30Cl2FN7O2/c1-25(2)12-37-8-7-19(25)32-23-30-11-18-22(34-23)35(15-5-3-13(4-6-15)21(29)36)24(31-18)33-20-16(27)9-14(26)10-17(20)28/h9-11,13,15,19H,3-8,12H2,1-2H3,(H2,29,36)(H,31,33)(H,30,32,34)/t13?,15?,19-/m1/s1. The Hall–Kier alpha value is -2.69. The molecular formula is C25H30Cl2FN7O2. The lowest BCUT2D eigenvalue weighted by molar-refractivity contribution is -0.122. The topological polar surface area (TPSA) is 120 Å². The zero-order valence-electron chi connectivity index (χ0n) is 20.7. The van der Waals surface area contributed by atoms with E-state index in [-0.39, 0.29) is 45.1 Å². The highest BCUT2D eigenvalue weighted by Gasteiger charge is 2.34. The van der Waals surface area contributed by atoms with Crippen LogP contribution in [0.25, 0.3) is 11.2 Å². The van der Waals surface area contributed by atoms with E-state index >= 15 is 0 Å². The summed E-state index contributed by atoms with van der Waals surface area (Å²) in [7, 11) is 0. The van der Waals surface area contributed by atoms with Gasteiger partial charge in [0.1, 0.15) is 11.3 Å². The Bertz CT molecular complexity index is 1300. The van der Waals surface area contributed by atoms with Crippen molar-refractivity contribution < 1.29 is 13.9 Å². The van der Waals surface area contributed by atoms with Gasteiger partial charge < -0.3 is 21.1 Å². The number of imidazole rings is 1. The Balaban J connectivity index is 1.53. The van der Waals surface area contributed by atoms with Crippen LogP contribution in [-0.4, -0.2) is 44.7 Å². The third kappa shape index (κ3) is 5.32. The van der Waals surface area contributed by atoms with Crippen LogP contribution >= 0.6 is 23.2 Å². The fourth-order valence-electron chi connectivity index (χ4n) is 5.24. The maximum absolute atomic E-state index is 14.8. The number of rotatable bonds is 6. The fraction of sp³-hybridized carbons (Fsp3) is 0.520. The number of halogens is 3. The molecular weight excluding hydrogens is 520 g/mol. The number of hydrogen-bond acceptors (Lipinski definition) is 7. The maximum Gasteiger partial charge on any atom is 0.225 e. The number of aromatic nitrogens is 4. The fourth-order valence-corrected chi connectivity index (χ4v) is 5.75. The van der Waals surface area contributed by atoms with Gasteiger partial charge in [-0.2, -0.15) is 4.98 Å². The number of benzene rings is 1. The van der Waals surface area contributed by atoms with Crippen LogP contribution in [0, 0.1) is 17.2 Å². The second kappa shape index (κ2) is 10.2. The number of fused-ring (bicyclic) bond motifs is 1. The van der Waals surface area contributed by atoms with E-state index in [4.69, 9.17) is 38.7 Å². The van der Waals surface area contributed by atoms with Crippen LogP contribution in [-0.2, 0) is 9.53 Å². The van der Waals surface area contributed by atoms with Gasteiger partial charge in [-0.1, -0.05) is 37.0 Å². The first-order valence-corrected chi connectivity index (χ1v) is 13.2. The summed E-state index contributed by atoms with van der Waals surface area (Å²) in [6, 6.07) is 2.77. The Labute approximate surface area is 224 Å². The van der Waals surface area contributed by atoms with Gasteiger partial charge in [-0.25, -0.2) is 14.4 Å². The SMILES string of the molecule is CC1(C)COCC[C@H]1Nc1ncc2nc(Nc3c(F)cc(Cl)cc3Cl)n(C3CCC(C(N)=O)CC3)c2n1. The molecule has 5 rings (SSSR count). The van der Waals surface area contributed by atoms with Gasteiger partial charge in [0.05, 0.1) is 23.5 Å². The molecule has 0 bridgehead atoms. The van der Waals surface area contributed by atoms with E-state index in [2.05, 4.69) is 34.4 Å². The largest absolute Gasteiger partial charge is 0.381 e. The highest BCUT2D eigenvalue weighted by Crippen LogP contribution is 2.39. The third-order valence-corrected chi connectivity index (χ3v) is 7.93. The molecule has 9 nitrogen and oxygen atoms in total. The summed E-state index contributed by atoms with van der Waals surface area (Å²) < 4.78 is 22.4. The van der Waals surface area contributed by atoms with Crippen molar-refractivity contribution in [1.82, 2.24) is 19.5 Å². The predicted molar refractivity (Wildman–Crippen MR) is 142 cm³/mol. The lowest BCUT2D eigenvalue weighted by Crippen LogP contribution is -2.44. The van der Waals surface area contributed by atoms with Gasteiger partial charge in [-0.3, -0.25) is 9.36 Å². The Kier molecular flexibility index (Phi) is 7.17. The zero-order chi connectivity index (χ0) is 26.3. The molecule has 1 aromatic carbocycles. The van der Waals surface area contributed by atoms with Crippen LogP contribution in [0.4, 0.5) is 22.0 Å². The molecule has 2 aliphatic rings. The number of primary amides is 1. The van der Waals surface area contributed by atoms with Crippen molar-refractivity contribution in [2.75, 3.05) is 23.8 Å². The lowest BCUT2D eigenvalue weighted by atomic mass is 9.82. The quantitative estimate of drug-likeness (QED) is 0.373. The first-order chi connectivity index (χ1) is 17.6. The monoisotopic (exact) mass is 549 g/mol. The van der Waals surface area contributed by atoms with Crippen molar-refractivity contribution in [3.63, 3.8) is 0 Å². The highest BCUT2D eigenvalue weighted by molar-refractivity contribution is 6.36. The zero-order valence-corrected chi connectivity index (χ0v) is 22.2. The molecule has 1 saturated carbocycles. The van der Waals surface area contributed by atoms with Gasteiger partial charge in [0.2, 0.25) is 17.8 Å². The maximum atomic E-state index is 14.8. The summed E-state index contributed by atoms with van der Waals surface area (Å²) in [5, 5.41) is 6.87. The van der Waals surface area contributed by atoms with E-state index in [0.29, 0.717) is 62.0 Å². The molecule has 3 aromatic rings. The number of hydrogen-bond donors (Lipinski definition) is 3. The number of anilines is 3. The van der Waals surface area contributed by atoms with Crippen LogP contribution in [0.3, 0.4) is 0 Å². The summed E-state index contributed by atoms with van der Waals surface area (Å²) in [6.45, 7) is 5.62. The normalized spacial score (nSPS) is 23.6. The third-order valence-electron chi connectivity index (χ3n) is 7.41. The van der Waals surface area contributed by atoms with Gasteiger partial charge in [-0.05, 0) is 44.2 Å². The number of amides is 1. The van der Waals surface area contributed by atoms with Gasteiger partial charge in [-0.15, -0.1) is 0 Å². The molecule has 1 aliphatic heterocycles. The molecule has 1 amide bonds. The number of carbonyl (C=O) groups is 1. The van der Waals surface area contributed by atoms with Gasteiger partial charge in [0.15, 0.2) is 5.65 Å². The summed E-state index contributed by atoms with van der Waals surface area (Å²) in [5.41, 5.74) is 6.71. The molecule has 37 heavy (non-hydrogen) atoms. The van der Waals surface area contributed by atoms with Crippen molar-refractivity contribution in [2.24, 2.45) is 17.1 Å². The Morgan fingerprint density at radius 1 is 1.19 bits per heavy atom. The van der Waals surface area contributed by atoms with Crippen LogP contribution < -0.4 is 16.4 Å². The predicted octanol–water partition coefficient (Wildman–Crippen LogP) is 5.46. The minimum atomic E-state index is -0.594. The van der Waals surface area contributed by atoms with E-state index in [1.165, 1.54) is 12.1 Å². The number of nitrogens with two attached hydrogens (primary N) is 1. The van der Waals surface area contributed by atoms with Crippen molar-refractivity contribution >= 4 is 57.9 Å². The molecule has 1 atom stereocenters. The van der Waals surface area contributed by atoms with E-state index in [9.17, 15) is 9.18 Å². The van der Waals surface area contributed by atoms with Crippen molar-refractivity contribution in [2.45, 2.75) is 58.0 Å². The van der Waals surface area contributed by atoms with Crippen LogP contribution in [0.15, 0.2) is 18.3 Å². The molecule has 3 heterocycles. The van der Waals surface area contributed by atoms with Crippen LogP contribution in [0.5, 0.6) is 0 Å². The summed E-state index contributed by atoms with van der Waals surface area (Å²) in [5.74, 6) is -0.160. The number of carbonyl (C=O) groups excluding carboxylic acids is 1. The van der Waals surface area contributed by atoms with E-state index < -0.39 is 5.82 Å². The molecule has 4 N–H and O–H groups in total. The lowest BCUT2D eigenvalue weighted by Gasteiger charge is -2.38. The van der Waals surface area contributed by atoms with Gasteiger partial charge in [0.25, 0.3) is 0 Å². The van der Waals surface area contributed by atoms with Gasteiger partial charge >= 0.3 is 0 Å². The van der Waals surface area contributed by atoms with E-state index in [1.54, 1.807) is 6.20 Å². The second-order valence-corrected chi connectivity index (χ2v) is 11.4. The second-order valence-electron chi connectivity index (χ2n) is 10.5. The van der Waals surface area contributed by atoms with Crippen molar-refractivity contribution in [1.29, 1.82) is 0 Å². The summed E-state index contributed by atoms with van der Waals surface area (Å²) >= 11 is 12.3. The molecule has 0 unspecified atom stereocenters. The van der Waals surface area contributed by atoms with Crippen molar-refractivity contribution in [3.05, 3.63) is 34.2 Å². The molecule has 0 radical (unpaired) electrons.